The van der Waals surface area contributed by atoms with Crippen molar-refractivity contribution in [1.82, 2.24) is 5.32 Å². The monoisotopic (exact) mass is 156 g/mol. The van der Waals surface area contributed by atoms with Crippen molar-refractivity contribution < 1.29 is 0 Å². The molecule has 66 valence electrons. The van der Waals surface area contributed by atoms with Crippen LogP contribution >= 0.6 is 0 Å². The Morgan fingerprint density at radius 3 is 2.91 bits per heavy atom. The van der Waals surface area contributed by atoms with Crippen molar-refractivity contribution in [1.29, 1.82) is 0 Å². The Bertz CT molecular complexity index is 97.7. The number of hydrogen-bond acceptors (Lipinski definition) is 2. The van der Waals surface area contributed by atoms with Gasteiger partial charge in [0, 0.05) is 6.04 Å². The molecule has 1 aliphatic heterocycles. The fraction of sp³-hybridized carbons (Fsp3) is 1.00. The summed E-state index contributed by atoms with van der Waals surface area (Å²) < 4.78 is 0. The molecule has 1 heterocycles. The molecular formula is C9H20N2. The van der Waals surface area contributed by atoms with Crippen LogP contribution < -0.4 is 11.1 Å². The van der Waals surface area contributed by atoms with Gasteiger partial charge in [-0.2, -0.15) is 0 Å². The number of nitrogens with one attached hydrogen (secondary N) is 1. The molecule has 0 aromatic carbocycles. The van der Waals surface area contributed by atoms with Gasteiger partial charge >= 0.3 is 0 Å². The fourth-order valence-electron chi connectivity index (χ4n) is 1.71. The van der Waals surface area contributed by atoms with Crippen LogP contribution in [0.5, 0.6) is 0 Å². The van der Waals surface area contributed by atoms with Crippen LogP contribution in [0.25, 0.3) is 0 Å². The van der Waals surface area contributed by atoms with Crippen molar-refractivity contribution >= 4 is 0 Å². The zero-order valence-electron chi connectivity index (χ0n) is 7.47. The van der Waals surface area contributed by atoms with E-state index in [4.69, 9.17) is 5.73 Å². The second kappa shape index (κ2) is 4.73. The highest BCUT2D eigenvalue weighted by Gasteiger charge is 2.14. The number of nitrogens with two attached hydrogens (primary N) is 1. The van der Waals surface area contributed by atoms with Gasteiger partial charge in [-0.3, -0.25) is 0 Å². The van der Waals surface area contributed by atoms with Gasteiger partial charge in [-0.15, -0.1) is 0 Å². The lowest BCUT2D eigenvalue weighted by Crippen LogP contribution is -2.36. The number of rotatable bonds is 3. The predicted molar refractivity (Wildman–Crippen MR) is 48.5 cm³/mol. The van der Waals surface area contributed by atoms with Crippen LogP contribution in [0.1, 0.15) is 32.6 Å². The van der Waals surface area contributed by atoms with Gasteiger partial charge in [0.1, 0.15) is 0 Å². The minimum atomic E-state index is 0.686. The Kier molecular flexibility index (Phi) is 3.87. The molecule has 2 unspecified atom stereocenters. The SMILES string of the molecule is CC(CN)CC1CCCCN1. The summed E-state index contributed by atoms with van der Waals surface area (Å²) in [5.74, 6) is 0.686. The molecule has 0 aromatic rings. The lowest BCUT2D eigenvalue weighted by molar-refractivity contribution is 0.340. The van der Waals surface area contributed by atoms with Gasteiger partial charge in [0.05, 0.1) is 0 Å². The third kappa shape index (κ3) is 3.21. The van der Waals surface area contributed by atoms with Crippen LogP contribution in [-0.4, -0.2) is 19.1 Å². The lowest BCUT2D eigenvalue weighted by atomic mass is 9.95. The van der Waals surface area contributed by atoms with Gasteiger partial charge in [-0.05, 0) is 38.3 Å². The molecular weight excluding hydrogens is 136 g/mol. The van der Waals surface area contributed by atoms with E-state index in [2.05, 4.69) is 12.2 Å². The molecule has 1 fully saturated rings. The maximum absolute atomic E-state index is 5.56. The first-order valence-electron chi connectivity index (χ1n) is 4.76. The molecule has 0 aromatic heterocycles. The van der Waals surface area contributed by atoms with Crippen LogP contribution in [0.15, 0.2) is 0 Å². The van der Waals surface area contributed by atoms with Crippen molar-refractivity contribution in [3.63, 3.8) is 0 Å². The summed E-state index contributed by atoms with van der Waals surface area (Å²) in [7, 11) is 0. The van der Waals surface area contributed by atoms with Gasteiger partial charge in [0.2, 0.25) is 0 Å². The van der Waals surface area contributed by atoms with Crippen molar-refractivity contribution in [3.05, 3.63) is 0 Å². The van der Waals surface area contributed by atoms with E-state index >= 15 is 0 Å². The smallest absolute Gasteiger partial charge is 0.00700 e. The minimum Gasteiger partial charge on any atom is -0.330 e. The maximum Gasteiger partial charge on any atom is 0.00700 e. The molecule has 1 saturated heterocycles. The second-order valence-corrected chi connectivity index (χ2v) is 3.72. The quantitative estimate of drug-likeness (QED) is 0.642. The molecule has 0 amide bonds. The standard InChI is InChI=1S/C9H20N2/c1-8(7-10)6-9-4-2-3-5-11-9/h8-9,11H,2-7,10H2,1H3. The molecule has 0 saturated carbocycles. The molecule has 0 spiro atoms. The van der Waals surface area contributed by atoms with E-state index in [0.29, 0.717) is 5.92 Å². The third-order valence-corrected chi connectivity index (χ3v) is 2.50. The van der Waals surface area contributed by atoms with E-state index in [1.54, 1.807) is 0 Å². The van der Waals surface area contributed by atoms with E-state index in [9.17, 15) is 0 Å². The Morgan fingerprint density at radius 1 is 1.55 bits per heavy atom. The molecule has 0 radical (unpaired) electrons. The molecule has 1 rings (SSSR count). The Labute approximate surface area is 69.5 Å². The molecule has 0 bridgehead atoms. The highest BCUT2D eigenvalue weighted by Crippen LogP contribution is 2.14. The molecule has 2 atom stereocenters. The first kappa shape index (κ1) is 9.01. The van der Waals surface area contributed by atoms with Gasteiger partial charge in [-0.1, -0.05) is 13.3 Å². The van der Waals surface area contributed by atoms with E-state index in [-0.39, 0.29) is 0 Å². The zero-order chi connectivity index (χ0) is 8.10. The summed E-state index contributed by atoms with van der Waals surface area (Å²) >= 11 is 0. The molecule has 2 nitrogen and oxygen atoms in total. The first-order valence-corrected chi connectivity index (χ1v) is 4.76. The number of piperidine rings is 1. The summed E-state index contributed by atoms with van der Waals surface area (Å²) in [5.41, 5.74) is 5.56. The summed E-state index contributed by atoms with van der Waals surface area (Å²) in [6.45, 7) is 4.27. The highest BCUT2D eigenvalue weighted by atomic mass is 14.9. The lowest BCUT2D eigenvalue weighted by Gasteiger charge is -2.25. The van der Waals surface area contributed by atoms with Crippen LogP contribution in [0.4, 0.5) is 0 Å². The van der Waals surface area contributed by atoms with Crippen LogP contribution in [0.2, 0.25) is 0 Å². The molecule has 3 N–H and O–H groups in total. The first-order chi connectivity index (χ1) is 5.33. The van der Waals surface area contributed by atoms with Gasteiger partial charge in [-0.25, -0.2) is 0 Å². The maximum atomic E-state index is 5.56. The van der Waals surface area contributed by atoms with Crippen molar-refractivity contribution in [2.45, 2.75) is 38.6 Å². The van der Waals surface area contributed by atoms with Gasteiger partial charge in [0.15, 0.2) is 0 Å². The van der Waals surface area contributed by atoms with E-state index in [1.807, 2.05) is 0 Å². The van der Waals surface area contributed by atoms with Gasteiger partial charge in [0.25, 0.3) is 0 Å². The Hall–Kier alpha value is -0.0800. The van der Waals surface area contributed by atoms with Crippen LogP contribution in [0.3, 0.4) is 0 Å². The molecule has 11 heavy (non-hydrogen) atoms. The van der Waals surface area contributed by atoms with Gasteiger partial charge < -0.3 is 11.1 Å². The second-order valence-electron chi connectivity index (χ2n) is 3.72. The van der Waals surface area contributed by atoms with Crippen LogP contribution in [0, 0.1) is 5.92 Å². The topological polar surface area (TPSA) is 38.0 Å². The summed E-state index contributed by atoms with van der Waals surface area (Å²) in [6, 6.07) is 0.752. The summed E-state index contributed by atoms with van der Waals surface area (Å²) in [4.78, 5) is 0. The summed E-state index contributed by atoms with van der Waals surface area (Å²) in [5, 5.41) is 3.53. The molecule has 1 aliphatic rings. The van der Waals surface area contributed by atoms with Crippen molar-refractivity contribution in [3.8, 4) is 0 Å². The van der Waals surface area contributed by atoms with Crippen LogP contribution in [-0.2, 0) is 0 Å². The zero-order valence-corrected chi connectivity index (χ0v) is 7.47. The van der Waals surface area contributed by atoms with Crippen molar-refractivity contribution in [2.75, 3.05) is 13.1 Å². The Balaban J connectivity index is 2.13. The largest absolute Gasteiger partial charge is 0.330 e. The van der Waals surface area contributed by atoms with E-state index in [1.165, 1.54) is 32.2 Å². The normalized spacial score (nSPS) is 28.4. The fourth-order valence-corrected chi connectivity index (χ4v) is 1.71. The molecule has 0 aliphatic carbocycles. The Morgan fingerprint density at radius 2 is 2.36 bits per heavy atom. The van der Waals surface area contributed by atoms with E-state index in [0.717, 1.165) is 12.6 Å². The number of hydrogen-bond donors (Lipinski definition) is 2. The molecule has 2 heteroatoms. The highest BCUT2D eigenvalue weighted by molar-refractivity contribution is 4.74. The average Bonchev–Trinajstić information content (AvgIpc) is 2.06. The average molecular weight is 156 g/mol. The van der Waals surface area contributed by atoms with E-state index < -0.39 is 0 Å². The summed E-state index contributed by atoms with van der Waals surface area (Å²) in [6.07, 6.45) is 5.36. The third-order valence-electron chi connectivity index (χ3n) is 2.50. The predicted octanol–water partition coefficient (Wildman–Crippen LogP) is 1.11. The minimum absolute atomic E-state index is 0.686. The van der Waals surface area contributed by atoms with Crippen molar-refractivity contribution in [2.24, 2.45) is 11.7 Å².